The standard InChI is InChI=1S/C11H11BrClNO4/c1-18-11(17)9(5-15)14-10(16)6-2-3-8(13)7(12)4-6/h2-4,9,15H,5H2,1H3,(H,14,16). The van der Waals surface area contributed by atoms with Gasteiger partial charge in [-0.05, 0) is 34.1 Å². The van der Waals surface area contributed by atoms with E-state index in [9.17, 15) is 9.59 Å². The van der Waals surface area contributed by atoms with Gasteiger partial charge in [0.25, 0.3) is 5.91 Å². The Balaban J connectivity index is 2.81. The molecule has 18 heavy (non-hydrogen) atoms. The van der Waals surface area contributed by atoms with Crippen LogP contribution in [0.2, 0.25) is 5.02 Å². The Kier molecular flexibility index (Phi) is 5.58. The third-order valence-electron chi connectivity index (χ3n) is 2.16. The highest BCUT2D eigenvalue weighted by Gasteiger charge is 2.21. The quantitative estimate of drug-likeness (QED) is 0.814. The second-order valence-corrected chi connectivity index (χ2v) is 4.62. The van der Waals surface area contributed by atoms with Crippen LogP contribution in [0.5, 0.6) is 0 Å². The molecule has 0 fully saturated rings. The SMILES string of the molecule is COC(=O)C(CO)NC(=O)c1ccc(Cl)c(Br)c1. The van der Waals surface area contributed by atoms with Crippen LogP contribution in [0.3, 0.4) is 0 Å². The number of aliphatic hydroxyl groups excluding tert-OH is 1. The van der Waals surface area contributed by atoms with Gasteiger partial charge in [-0.2, -0.15) is 0 Å². The van der Waals surface area contributed by atoms with E-state index >= 15 is 0 Å². The van der Waals surface area contributed by atoms with E-state index in [1.54, 1.807) is 6.07 Å². The molecule has 0 bridgehead atoms. The first-order valence-corrected chi connectivity index (χ1v) is 6.11. The van der Waals surface area contributed by atoms with Crippen LogP contribution < -0.4 is 5.32 Å². The fourth-order valence-electron chi connectivity index (χ4n) is 1.20. The number of hydrogen-bond acceptors (Lipinski definition) is 4. The van der Waals surface area contributed by atoms with Crippen LogP contribution in [0.1, 0.15) is 10.4 Å². The van der Waals surface area contributed by atoms with Gasteiger partial charge in [-0.3, -0.25) is 4.79 Å². The lowest BCUT2D eigenvalue weighted by Gasteiger charge is -2.13. The molecule has 1 rings (SSSR count). The zero-order valence-electron chi connectivity index (χ0n) is 9.44. The van der Waals surface area contributed by atoms with Gasteiger partial charge in [0, 0.05) is 10.0 Å². The molecular formula is C11H11BrClNO4. The number of benzene rings is 1. The normalized spacial score (nSPS) is 11.8. The third kappa shape index (κ3) is 3.69. The smallest absolute Gasteiger partial charge is 0.330 e. The highest BCUT2D eigenvalue weighted by atomic mass is 79.9. The molecule has 1 unspecified atom stereocenters. The topological polar surface area (TPSA) is 75.6 Å². The van der Waals surface area contributed by atoms with Crippen LogP contribution in [0, 0.1) is 0 Å². The number of carbonyl (C=O) groups excluding carboxylic acids is 2. The molecule has 0 spiro atoms. The van der Waals surface area contributed by atoms with E-state index in [2.05, 4.69) is 26.0 Å². The third-order valence-corrected chi connectivity index (χ3v) is 3.37. The van der Waals surface area contributed by atoms with Crippen LogP contribution >= 0.6 is 27.5 Å². The van der Waals surface area contributed by atoms with Crippen molar-refractivity contribution in [2.45, 2.75) is 6.04 Å². The lowest BCUT2D eigenvalue weighted by Crippen LogP contribution is -2.44. The molecule has 0 aliphatic heterocycles. The molecule has 0 aromatic heterocycles. The summed E-state index contributed by atoms with van der Waals surface area (Å²) in [6.07, 6.45) is 0. The molecular weight excluding hydrogens is 325 g/mol. The zero-order valence-corrected chi connectivity index (χ0v) is 11.8. The number of halogens is 2. The molecule has 98 valence electrons. The van der Waals surface area contributed by atoms with E-state index in [4.69, 9.17) is 16.7 Å². The molecule has 0 radical (unpaired) electrons. The Bertz CT molecular complexity index is 466. The Morgan fingerprint density at radius 3 is 2.72 bits per heavy atom. The van der Waals surface area contributed by atoms with Crippen molar-refractivity contribution in [3.8, 4) is 0 Å². The van der Waals surface area contributed by atoms with Gasteiger partial charge in [0.2, 0.25) is 0 Å². The summed E-state index contributed by atoms with van der Waals surface area (Å²) in [5.74, 6) is -1.21. The Hall–Kier alpha value is -1.11. The van der Waals surface area contributed by atoms with Gasteiger partial charge < -0.3 is 15.2 Å². The molecule has 0 heterocycles. The largest absolute Gasteiger partial charge is 0.467 e. The minimum atomic E-state index is -1.09. The van der Waals surface area contributed by atoms with Crippen molar-refractivity contribution in [3.05, 3.63) is 33.3 Å². The van der Waals surface area contributed by atoms with Crippen molar-refractivity contribution in [1.29, 1.82) is 0 Å². The number of ether oxygens (including phenoxy) is 1. The lowest BCUT2D eigenvalue weighted by molar-refractivity contribution is -0.143. The fourth-order valence-corrected chi connectivity index (χ4v) is 1.70. The average Bonchev–Trinajstić information content (AvgIpc) is 2.37. The number of hydrogen-bond donors (Lipinski definition) is 2. The highest BCUT2D eigenvalue weighted by molar-refractivity contribution is 9.10. The number of rotatable bonds is 4. The van der Waals surface area contributed by atoms with Crippen molar-refractivity contribution in [2.75, 3.05) is 13.7 Å². The van der Waals surface area contributed by atoms with Crippen LogP contribution in [0.4, 0.5) is 0 Å². The molecule has 1 amide bonds. The molecule has 2 N–H and O–H groups in total. The van der Waals surface area contributed by atoms with E-state index in [0.29, 0.717) is 15.1 Å². The molecule has 0 saturated carbocycles. The van der Waals surface area contributed by atoms with E-state index in [0.717, 1.165) is 0 Å². The van der Waals surface area contributed by atoms with E-state index < -0.39 is 24.5 Å². The number of nitrogens with one attached hydrogen (secondary N) is 1. The molecule has 1 aromatic rings. The molecule has 0 aliphatic carbocycles. The maximum absolute atomic E-state index is 11.8. The lowest BCUT2D eigenvalue weighted by atomic mass is 10.2. The minimum Gasteiger partial charge on any atom is -0.467 e. The summed E-state index contributed by atoms with van der Waals surface area (Å²) in [5, 5.41) is 11.8. The van der Waals surface area contributed by atoms with Gasteiger partial charge >= 0.3 is 5.97 Å². The van der Waals surface area contributed by atoms with Crippen molar-refractivity contribution in [3.63, 3.8) is 0 Å². The number of esters is 1. The summed E-state index contributed by atoms with van der Waals surface area (Å²) in [6, 6.07) is 3.49. The molecule has 0 saturated heterocycles. The maximum atomic E-state index is 11.8. The monoisotopic (exact) mass is 335 g/mol. The summed E-state index contributed by atoms with van der Waals surface area (Å²) in [4.78, 5) is 23.0. The van der Waals surface area contributed by atoms with Gasteiger partial charge in [0.15, 0.2) is 6.04 Å². The van der Waals surface area contributed by atoms with Crippen LogP contribution in [-0.2, 0) is 9.53 Å². The van der Waals surface area contributed by atoms with Crippen LogP contribution in [-0.4, -0.2) is 36.7 Å². The van der Waals surface area contributed by atoms with Gasteiger partial charge in [-0.25, -0.2) is 4.79 Å². The zero-order chi connectivity index (χ0) is 13.7. The van der Waals surface area contributed by atoms with E-state index in [1.165, 1.54) is 19.2 Å². The summed E-state index contributed by atoms with van der Waals surface area (Å²) < 4.78 is 5.00. The Morgan fingerprint density at radius 2 is 2.22 bits per heavy atom. The average molecular weight is 337 g/mol. The number of aliphatic hydroxyl groups is 1. The molecule has 1 atom stereocenters. The first-order chi connectivity index (χ1) is 8.49. The van der Waals surface area contributed by atoms with Gasteiger partial charge in [-0.1, -0.05) is 11.6 Å². The first-order valence-electron chi connectivity index (χ1n) is 4.94. The second kappa shape index (κ2) is 6.72. The Labute approximate surface area is 117 Å². The summed E-state index contributed by atoms with van der Waals surface area (Å²) in [5.41, 5.74) is 0.314. The van der Waals surface area contributed by atoms with Gasteiger partial charge in [-0.15, -0.1) is 0 Å². The van der Waals surface area contributed by atoms with E-state index in [-0.39, 0.29) is 0 Å². The van der Waals surface area contributed by atoms with Crippen LogP contribution in [0.25, 0.3) is 0 Å². The summed E-state index contributed by atoms with van der Waals surface area (Å²) >= 11 is 8.99. The second-order valence-electron chi connectivity index (χ2n) is 3.36. The molecule has 1 aromatic carbocycles. The predicted molar refractivity (Wildman–Crippen MR) is 69.5 cm³/mol. The number of amides is 1. The van der Waals surface area contributed by atoms with Gasteiger partial charge in [0.05, 0.1) is 18.7 Å². The Morgan fingerprint density at radius 1 is 1.56 bits per heavy atom. The number of carbonyl (C=O) groups is 2. The molecule has 7 heteroatoms. The van der Waals surface area contributed by atoms with Crippen molar-refractivity contribution in [1.82, 2.24) is 5.32 Å². The predicted octanol–water partition coefficient (Wildman–Crippen LogP) is 1.37. The van der Waals surface area contributed by atoms with Crippen LogP contribution in [0.15, 0.2) is 22.7 Å². The summed E-state index contributed by atoms with van der Waals surface area (Å²) in [7, 11) is 1.18. The van der Waals surface area contributed by atoms with Crippen molar-refractivity contribution < 1.29 is 19.4 Å². The molecule has 0 aliphatic rings. The highest BCUT2D eigenvalue weighted by Crippen LogP contribution is 2.23. The summed E-state index contributed by atoms with van der Waals surface area (Å²) in [6.45, 7) is -0.535. The fraction of sp³-hybridized carbons (Fsp3) is 0.273. The first kappa shape index (κ1) is 14.9. The minimum absolute atomic E-state index is 0.314. The maximum Gasteiger partial charge on any atom is 0.330 e. The van der Waals surface area contributed by atoms with Gasteiger partial charge in [0.1, 0.15) is 0 Å². The molecule has 5 nitrogen and oxygen atoms in total. The van der Waals surface area contributed by atoms with Crippen molar-refractivity contribution in [2.24, 2.45) is 0 Å². The van der Waals surface area contributed by atoms with Crippen molar-refractivity contribution >= 4 is 39.4 Å². The van der Waals surface area contributed by atoms with E-state index in [1.807, 2.05) is 0 Å². The number of methoxy groups -OCH3 is 1.